The first-order valence-electron chi connectivity index (χ1n) is 14.7. The minimum absolute atomic E-state index is 0.0467. The quantitative estimate of drug-likeness (QED) is 0.335. The van der Waals surface area contributed by atoms with E-state index in [4.69, 9.17) is 5.73 Å². The second kappa shape index (κ2) is 12.3. The number of amides is 1. The molecule has 198 valence electrons. The van der Waals surface area contributed by atoms with E-state index in [0.29, 0.717) is 18.3 Å². The summed E-state index contributed by atoms with van der Waals surface area (Å²) in [6, 6.07) is 17.5. The second-order valence-corrected chi connectivity index (χ2v) is 11.9. The Balaban J connectivity index is 1.38. The van der Waals surface area contributed by atoms with Crippen LogP contribution in [-0.4, -0.2) is 23.6 Å². The van der Waals surface area contributed by atoms with Crippen molar-refractivity contribution in [2.24, 2.45) is 23.5 Å². The smallest absolute Gasteiger partial charge is 0.220 e. The summed E-state index contributed by atoms with van der Waals surface area (Å²) in [6.45, 7) is 4.81. The molecule has 4 nitrogen and oxygen atoms in total. The number of hydrogen-bond donors (Lipinski definition) is 2. The summed E-state index contributed by atoms with van der Waals surface area (Å²) in [5.74, 6) is 2.22. The Kier molecular flexibility index (Phi) is 8.66. The number of nitrogens with two attached hydrogens (primary N) is 1. The molecule has 3 N–H and O–H groups in total. The number of fused-ring (bicyclic) bond motifs is 1. The van der Waals surface area contributed by atoms with E-state index in [9.17, 15) is 4.79 Å². The maximum Gasteiger partial charge on any atom is 0.220 e. The third-order valence-electron chi connectivity index (χ3n) is 9.10. The highest BCUT2D eigenvalue weighted by Gasteiger charge is 2.25. The van der Waals surface area contributed by atoms with Crippen LogP contribution in [0.5, 0.6) is 0 Å². The maximum atomic E-state index is 13.4. The summed E-state index contributed by atoms with van der Waals surface area (Å²) in [4.78, 5) is 13.4. The van der Waals surface area contributed by atoms with E-state index in [1.54, 1.807) is 0 Å². The molecule has 0 saturated heterocycles. The van der Waals surface area contributed by atoms with Gasteiger partial charge >= 0.3 is 0 Å². The molecular formula is C33H45N3O. The molecule has 1 atom stereocenters. The lowest BCUT2D eigenvalue weighted by Gasteiger charge is -2.28. The number of hydrogen-bond acceptors (Lipinski definition) is 2. The van der Waals surface area contributed by atoms with Gasteiger partial charge in [0.15, 0.2) is 0 Å². The molecule has 0 spiro atoms. The SMILES string of the molecule is Cc1cccc(C(CC(=O)NCC2CCC(CN)CC2)c2cn(CC3CCCCC3)c3ccccc23)c1. The molecule has 4 heteroatoms. The van der Waals surface area contributed by atoms with E-state index in [0.717, 1.165) is 25.6 Å². The first kappa shape index (κ1) is 26.0. The Morgan fingerprint density at radius 2 is 1.70 bits per heavy atom. The second-order valence-electron chi connectivity index (χ2n) is 11.9. The normalized spacial score (nSPS) is 21.7. The predicted molar refractivity (Wildman–Crippen MR) is 154 cm³/mol. The number of carbonyl (C=O) groups is 1. The Bertz CT molecular complexity index is 1170. The Labute approximate surface area is 223 Å². The largest absolute Gasteiger partial charge is 0.356 e. The van der Waals surface area contributed by atoms with Gasteiger partial charge in [0.05, 0.1) is 0 Å². The molecule has 1 heterocycles. The first-order valence-corrected chi connectivity index (χ1v) is 14.7. The topological polar surface area (TPSA) is 60.1 Å². The van der Waals surface area contributed by atoms with Crippen LogP contribution in [0.3, 0.4) is 0 Å². The number of aromatic nitrogens is 1. The Morgan fingerprint density at radius 1 is 0.946 bits per heavy atom. The zero-order valence-corrected chi connectivity index (χ0v) is 22.6. The van der Waals surface area contributed by atoms with Gasteiger partial charge in [-0.1, -0.05) is 67.3 Å². The van der Waals surface area contributed by atoms with E-state index in [2.05, 4.69) is 71.5 Å². The standard InChI is InChI=1S/C33H45N3O/c1-24-8-7-11-28(18-24)30(19-33(37)35-21-26-16-14-25(20-34)15-17-26)31-23-36(22-27-9-3-2-4-10-27)32-13-6-5-12-29(31)32/h5-8,11-13,18,23,25-27,30H,2-4,9-10,14-17,19-22,34H2,1H3,(H,35,37). The molecule has 0 aliphatic heterocycles. The van der Waals surface area contributed by atoms with Gasteiger partial charge in [-0.05, 0) is 86.9 Å². The minimum Gasteiger partial charge on any atom is -0.356 e. The molecule has 2 aromatic carbocycles. The van der Waals surface area contributed by atoms with E-state index in [-0.39, 0.29) is 11.8 Å². The Morgan fingerprint density at radius 3 is 2.46 bits per heavy atom. The lowest BCUT2D eigenvalue weighted by atomic mass is 9.82. The fourth-order valence-corrected chi connectivity index (χ4v) is 6.83. The molecule has 2 fully saturated rings. The molecule has 0 bridgehead atoms. The number of rotatable bonds is 9. The lowest BCUT2D eigenvalue weighted by molar-refractivity contribution is -0.121. The predicted octanol–water partition coefficient (Wildman–Crippen LogP) is 6.93. The van der Waals surface area contributed by atoms with Gasteiger partial charge in [0, 0.05) is 42.5 Å². The van der Waals surface area contributed by atoms with Crippen LogP contribution in [-0.2, 0) is 11.3 Å². The molecule has 2 aliphatic carbocycles. The van der Waals surface area contributed by atoms with Crippen LogP contribution in [0.1, 0.15) is 86.8 Å². The van der Waals surface area contributed by atoms with Crippen molar-refractivity contribution in [2.75, 3.05) is 13.1 Å². The molecule has 1 aromatic heterocycles. The van der Waals surface area contributed by atoms with Crippen molar-refractivity contribution in [2.45, 2.75) is 83.6 Å². The molecule has 2 aliphatic rings. The van der Waals surface area contributed by atoms with Crippen molar-refractivity contribution < 1.29 is 4.79 Å². The summed E-state index contributed by atoms with van der Waals surface area (Å²) >= 11 is 0. The lowest BCUT2D eigenvalue weighted by Crippen LogP contribution is -2.33. The minimum atomic E-state index is 0.0467. The molecule has 0 radical (unpaired) electrons. The van der Waals surface area contributed by atoms with Gasteiger partial charge < -0.3 is 15.6 Å². The maximum absolute atomic E-state index is 13.4. The summed E-state index contributed by atoms with van der Waals surface area (Å²) in [5.41, 5.74) is 10.9. The Hall–Kier alpha value is -2.59. The summed E-state index contributed by atoms with van der Waals surface area (Å²) in [7, 11) is 0. The highest BCUT2D eigenvalue weighted by molar-refractivity contribution is 5.86. The van der Waals surface area contributed by atoms with Gasteiger partial charge in [0.2, 0.25) is 5.91 Å². The van der Waals surface area contributed by atoms with Crippen LogP contribution in [0.15, 0.2) is 54.7 Å². The van der Waals surface area contributed by atoms with Crippen LogP contribution in [0, 0.1) is 24.7 Å². The highest BCUT2D eigenvalue weighted by atomic mass is 16.1. The van der Waals surface area contributed by atoms with E-state index in [1.807, 2.05) is 0 Å². The summed E-state index contributed by atoms with van der Waals surface area (Å²) < 4.78 is 2.48. The molecule has 1 unspecified atom stereocenters. The fourth-order valence-electron chi connectivity index (χ4n) is 6.83. The highest BCUT2D eigenvalue weighted by Crippen LogP contribution is 2.36. The number of para-hydroxylation sites is 1. The van der Waals surface area contributed by atoms with Gasteiger partial charge in [-0.3, -0.25) is 4.79 Å². The number of nitrogens with one attached hydrogen (secondary N) is 1. The van der Waals surface area contributed by atoms with E-state index < -0.39 is 0 Å². The van der Waals surface area contributed by atoms with Crippen molar-refractivity contribution in [1.29, 1.82) is 0 Å². The van der Waals surface area contributed by atoms with Crippen LogP contribution >= 0.6 is 0 Å². The van der Waals surface area contributed by atoms with Crippen molar-refractivity contribution >= 4 is 16.8 Å². The van der Waals surface area contributed by atoms with Crippen molar-refractivity contribution in [3.8, 4) is 0 Å². The van der Waals surface area contributed by atoms with Crippen LogP contribution in [0.4, 0.5) is 0 Å². The molecule has 37 heavy (non-hydrogen) atoms. The molecule has 3 aromatic rings. The van der Waals surface area contributed by atoms with E-state index in [1.165, 1.54) is 85.4 Å². The first-order chi connectivity index (χ1) is 18.1. The number of carbonyl (C=O) groups excluding carboxylic acids is 1. The van der Waals surface area contributed by atoms with Crippen molar-refractivity contribution in [3.05, 3.63) is 71.4 Å². The third kappa shape index (κ3) is 6.46. The van der Waals surface area contributed by atoms with Gasteiger partial charge in [0.25, 0.3) is 0 Å². The van der Waals surface area contributed by atoms with Gasteiger partial charge in [-0.2, -0.15) is 0 Å². The van der Waals surface area contributed by atoms with Crippen LogP contribution < -0.4 is 11.1 Å². The average Bonchev–Trinajstić information content (AvgIpc) is 3.29. The number of aryl methyl sites for hydroxylation is 1. The van der Waals surface area contributed by atoms with Crippen LogP contribution in [0.25, 0.3) is 10.9 Å². The molecule has 5 rings (SSSR count). The number of benzene rings is 2. The van der Waals surface area contributed by atoms with Gasteiger partial charge in [-0.25, -0.2) is 0 Å². The fraction of sp³-hybridized carbons (Fsp3) is 0.545. The van der Waals surface area contributed by atoms with Crippen molar-refractivity contribution in [3.63, 3.8) is 0 Å². The zero-order chi connectivity index (χ0) is 25.6. The average molecular weight is 500 g/mol. The number of nitrogens with zero attached hydrogens (tertiary/aromatic N) is 1. The molecule has 2 saturated carbocycles. The summed E-state index contributed by atoms with van der Waals surface area (Å²) in [5, 5.41) is 4.60. The summed E-state index contributed by atoms with van der Waals surface area (Å²) in [6.07, 6.45) is 14.4. The monoisotopic (exact) mass is 499 g/mol. The van der Waals surface area contributed by atoms with E-state index >= 15 is 0 Å². The molecule has 1 amide bonds. The van der Waals surface area contributed by atoms with Crippen molar-refractivity contribution in [1.82, 2.24) is 9.88 Å². The zero-order valence-electron chi connectivity index (χ0n) is 22.6. The van der Waals surface area contributed by atoms with Crippen LogP contribution in [0.2, 0.25) is 0 Å². The van der Waals surface area contributed by atoms with Gasteiger partial charge in [0.1, 0.15) is 0 Å². The third-order valence-corrected chi connectivity index (χ3v) is 9.10. The van der Waals surface area contributed by atoms with Gasteiger partial charge in [-0.15, -0.1) is 0 Å². The molecular weight excluding hydrogens is 454 g/mol.